The van der Waals surface area contributed by atoms with Crippen molar-refractivity contribution < 1.29 is 27.9 Å². The monoisotopic (exact) mass is 265 g/mol. The van der Waals surface area contributed by atoms with Gasteiger partial charge >= 0.3 is 12.1 Å². The second-order valence-corrected chi connectivity index (χ2v) is 4.35. The smallest absolute Gasteiger partial charge is 0.440 e. The maximum Gasteiger partial charge on any atom is 0.440 e. The van der Waals surface area contributed by atoms with E-state index >= 15 is 0 Å². The lowest BCUT2D eigenvalue weighted by Crippen LogP contribution is -2.31. The van der Waals surface area contributed by atoms with E-state index < -0.39 is 23.8 Å². The number of carbonyl (C=O) groups is 2. The summed E-state index contributed by atoms with van der Waals surface area (Å²) >= 11 is 0. The van der Waals surface area contributed by atoms with Crippen molar-refractivity contribution in [3.63, 3.8) is 0 Å². The molecular formula is C11H14F3NO3. The van der Waals surface area contributed by atoms with Gasteiger partial charge in [-0.05, 0) is 12.3 Å². The number of amides is 1. The van der Waals surface area contributed by atoms with Crippen LogP contribution in [0.15, 0.2) is 4.99 Å². The molecular weight excluding hydrogens is 251 g/mol. The highest BCUT2D eigenvalue weighted by Gasteiger charge is 2.41. The number of carboxylic acids is 1. The SMILES string of the molecule is O=C(CCC1CCCC1)/N=C(/C(=O)O)C(F)(F)F. The van der Waals surface area contributed by atoms with Gasteiger partial charge < -0.3 is 5.11 Å². The van der Waals surface area contributed by atoms with Gasteiger partial charge in [0.2, 0.25) is 11.6 Å². The lowest BCUT2D eigenvalue weighted by Gasteiger charge is -2.07. The van der Waals surface area contributed by atoms with Crippen LogP contribution in [0, 0.1) is 5.92 Å². The van der Waals surface area contributed by atoms with E-state index in [0.29, 0.717) is 12.3 Å². The fourth-order valence-electron chi connectivity index (χ4n) is 2.04. The summed E-state index contributed by atoms with van der Waals surface area (Å²) in [5.74, 6) is -2.89. The maximum absolute atomic E-state index is 12.2. The first kappa shape index (κ1) is 14.7. The van der Waals surface area contributed by atoms with Crippen LogP contribution in [0.5, 0.6) is 0 Å². The molecule has 0 bridgehead atoms. The van der Waals surface area contributed by atoms with Crippen molar-refractivity contribution in [2.24, 2.45) is 10.9 Å². The molecule has 0 aromatic heterocycles. The average molecular weight is 265 g/mol. The van der Waals surface area contributed by atoms with Crippen LogP contribution in [0.3, 0.4) is 0 Å². The van der Waals surface area contributed by atoms with Crippen molar-refractivity contribution in [1.82, 2.24) is 0 Å². The highest BCUT2D eigenvalue weighted by atomic mass is 19.4. The van der Waals surface area contributed by atoms with Gasteiger partial charge in [-0.2, -0.15) is 13.2 Å². The Hall–Kier alpha value is -1.40. The van der Waals surface area contributed by atoms with Gasteiger partial charge in [-0.15, -0.1) is 0 Å². The topological polar surface area (TPSA) is 66.7 Å². The van der Waals surface area contributed by atoms with Crippen LogP contribution in [0.4, 0.5) is 13.2 Å². The number of halogens is 3. The third-order valence-corrected chi connectivity index (χ3v) is 2.95. The summed E-state index contributed by atoms with van der Waals surface area (Å²) in [6, 6.07) is 0. The largest absolute Gasteiger partial charge is 0.477 e. The Morgan fingerprint density at radius 1 is 1.22 bits per heavy atom. The zero-order valence-electron chi connectivity index (χ0n) is 9.66. The highest BCUT2D eigenvalue weighted by molar-refractivity contribution is 6.39. The van der Waals surface area contributed by atoms with Gasteiger partial charge in [-0.3, -0.25) is 4.79 Å². The second-order valence-electron chi connectivity index (χ2n) is 4.35. The number of rotatable bonds is 4. The molecule has 0 radical (unpaired) electrons. The number of aliphatic imine (C=N–C) groups is 1. The van der Waals surface area contributed by atoms with Gasteiger partial charge in [0.15, 0.2) is 0 Å². The number of hydrogen-bond donors (Lipinski definition) is 1. The van der Waals surface area contributed by atoms with Crippen molar-refractivity contribution in [1.29, 1.82) is 0 Å². The molecule has 1 aliphatic carbocycles. The normalized spacial score (nSPS) is 18.1. The molecule has 0 unspecified atom stereocenters. The summed E-state index contributed by atoms with van der Waals surface area (Å²) in [4.78, 5) is 24.2. The van der Waals surface area contributed by atoms with Crippen LogP contribution in [0.25, 0.3) is 0 Å². The molecule has 1 fully saturated rings. The Morgan fingerprint density at radius 3 is 2.22 bits per heavy atom. The molecule has 0 aromatic carbocycles. The standard InChI is InChI=1S/C11H14F3NO3/c12-11(13,14)9(10(17)18)15-8(16)6-5-7-3-1-2-4-7/h7H,1-6H2,(H,17,18)/b15-9-. The minimum absolute atomic E-state index is 0.127. The Kier molecular flexibility index (Phi) is 4.86. The van der Waals surface area contributed by atoms with E-state index in [0.717, 1.165) is 25.7 Å². The minimum Gasteiger partial charge on any atom is -0.477 e. The fourth-order valence-corrected chi connectivity index (χ4v) is 2.04. The summed E-state index contributed by atoms with van der Waals surface area (Å²) in [6.45, 7) is 0. The van der Waals surface area contributed by atoms with Gasteiger partial charge in [-0.25, -0.2) is 9.79 Å². The van der Waals surface area contributed by atoms with E-state index in [4.69, 9.17) is 5.11 Å². The number of alkyl halides is 3. The summed E-state index contributed by atoms with van der Waals surface area (Å²) in [7, 11) is 0. The van der Waals surface area contributed by atoms with Gasteiger partial charge in [-0.1, -0.05) is 25.7 Å². The van der Waals surface area contributed by atoms with E-state index in [9.17, 15) is 22.8 Å². The van der Waals surface area contributed by atoms with Crippen LogP contribution < -0.4 is 0 Å². The molecule has 18 heavy (non-hydrogen) atoms. The third-order valence-electron chi connectivity index (χ3n) is 2.95. The molecule has 1 saturated carbocycles. The lowest BCUT2D eigenvalue weighted by molar-refractivity contribution is -0.134. The Morgan fingerprint density at radius 2 is 1.78 bits per heavy atom. The van der Waals surface area contributed by atoms with E-state index in [1.165, 1.54) is 0 Å². The van der Waals surface area contributed by atoms with Crippen molar-refractivity contribution in [2.45, 2.75) is 44.7 Å². The van der Waals surface area contributed by atoms with Gasteiger partial charge in [0.05, 0.1) is 0 Å². The summed E-state index contributed by atoms with van der Waals surface area (Å²) in [6.07, 6.45) is -0.653. The fraction of sp³-hybridized carbons (Fsp3) is 0.727. The number of carboxylic acid groups (broad SMARTS) is 1. The van der Waals surface area contributed by atoms with Gasteiger partial charge in [0.25, 0.3) is 0 Å². The highest BCUT2D eigenvalue weighted by Crippen LogP contribution is 2.28. The second kappa shape index (κ2) is 5.97. The van der Waals surface area contributed by atoms with Crippen LogP contribution in [-0.2, 0) is 9.59 Å². The number of nitrogens with zero attached hydrogens (tertiary/aromatic N) is 1. The average Bonchev–Trinajstić information content (AvgIpc) is 2.73. The van der Waals surface area contributed by atoms with E-state index in [2.05, 4.69) is 4.99 Å². The molecule has 1 rings (SSSR count). The molecule has 0 atom stereocenters. The van der Waals surface area contributed by atoms with Crippen molar-refractivity contribution in [3.05, 3.63) is 0 Å². The zero-order chi connectivity index (χ0) is 13.8. The van der Waals surface area contributed by atoms with Crippen LogP contribution in [0.2, 0.25) is 0 Å². The molecule has 7 heteroatoms. The van der Waals surface area contributed by atoms with E-state index in [-0.39, 0.29) is 6.42 Å². The number of carbonyl (C=O) groups excluding carboxylic acids is 1. The third kappa shape index (κ3) is 4.46. The molecule has 1 N–H and O–H groups in total. The summed E-state index contributed by atoms with van der Waals surface area (Å²) in [5, 5.41) is 8.33. The van der Waals surface area contributed by atoms with E-state index in [1.807, 2.05) is 0 Å². The Labute approximate surface area is 102 Å². The molecule has 4 nitrogen and oxygen atoms in total. The quantitative estimate of drug-likeness (QED) is 0.794. The molecule has 1 amide bonds. The first-order valence-corrected chi connectivity index (χ1v) is 5.72. The molecule has 0 heterocycles. The first-order chi connectivity index (χ1) is 8.30. The maximum atomic E-state index is 12.2. The molecule has 1 aliphatic rings. The minimum atomic E-state index is -5.10. The predicted molar refractivity (Wildman–Crippen MR) is 57.3 cm³/mol. The lowest BCUT2D eigenvalue weighted by atomic mass is 10.0. The molecule has 0 saturated heterocycles. The van der Waals surface area contributed by atoms with Crippen molar-refractivity contribution >= 4 is 17.6 Å². The van der Waals surface area contributed by atoms with Crippen molar-refractivity contribution in [3.8, 4) is 0 Å². The van der Waals surface area contributed by atoms with Crippen LogP contribution in [0.1, 0.15) is 38.5 Å². The molecule has 0 spiro atoms. The first-order valence-electron chi connectivity index (χ1n) is 5.72. The Bertz CT molecular complexity index is 357. The molecule has 0 aliphatic heterocycles. The molecule has 102 valence electrons. The van der Waals surface area contributed by atoms with Crippen molar-refractivity contribution in [2.75, 3.05) is 0 Å². The van der Waals surface area contributed by atoms with Crippen LogP contribution >= 0.6 is 0 Å². The predicted octanol–water partition coefficient (Wildman–Crippen LogP) is 2.57. The van der Waals surface area contributed by atoms with E-state index in [1.54, 1.807) is 0 Å². The van der Waals surface area contributed by atoms with Gasteiger partial charge in [0.1, 0.15) is 0 Å². The summed E-state index contributed by atoms with van der Waals surface area (Å²) < 4.78 is 36.6. The van der Waals surface area contributed by atoms with Gasteiger partial charge in [0, 0.05) is 6.42 Å². The van der Waals surface area contributed by atoms with Crippen LogP contribution in [-0.4, -0.2) is 28.9 Å². The zero-order valence-corrected chi connectivity index (χ0v) is 9.66. The Balaban J connectivity index is 2.56. The summed E-state index contributed by atoms with van der Waals surface area (Å²) in [5.41, 5.74) is -2.04. The number of hydrogen-bond acceptors (Lipinski definition) is 2. The molecule has 0 aromatic rings. The number of aliphatic carboxylic acids is 1.